The molecule has 1 aliphatic carbocycles. The van der Waals surface area contributed by atoms with Gasteiger partial charge in [-0.25, -0.2) is 9.59 Å². The van der Waals surface area contributed by atoms with Crippen molar-refractivity contribution in [2.24, 2.45) is 0 Å². The van der Waals surface area contributed by atoms with E-state index in [0.29, 0.717) is 0 Å². The molecule has 0 fully saturated rings. The summed E-state index contributed by atoms with van der Waals surface area (Å²) >= 11 is 0. The first kappa shape index (κ1) is 21.1. The Labute approximate surface area is 192 Å². The number of hydrogen-bond acceptors (Lipinski definition) is 4. The highest BCUT2D eigenvalue weighted by Gasteiger charge is 2.30. The second-order valence-electron chi connectivity index (χ2n) is 8.54. The zero-order valence-corrected chi connectivity index (χ0v) is 18.2. The molecule has 6 nitrogen and oxygen atoms in total. The van der Waals surface area contributed by atoms with E-state index < -0.39 is 18.1 Å². The number of fused-ring (bicyclic) bond motifs is 4. The van der Waals surface area contributed by atoms with E-state index in [1.54, 1.807) is 0 Å². The number of carboxylic acid groups (broad SMARTS) is 1. The summed E-state index contributed by atoms with van der Waals surface area (Å²) in [6, 6.07) is 23.2. The minimum absolute atomic E-state index is 0.0691. The van der Waals surface area contributed by atoms with Gasteiger partial charge in [-0.3, -0.25) is 0 Å². The summed E-state index contributed by atoms with van der Waals surface area (Å²) in [6.45, 7) is 1.10. The Hall–Kier alpha value is -3.80. The lowest BCUT2D eigenvalue weighted by atomic mass is 9.98. The second kappa shape index (κ2) is 8.98. The number of carbonyl (C=O) groups excluding carboxylic acids is 1. The molecule has 1 atom stereocenters. The quantitative estimate of drug-likeness (QED) is 0.590. The number of aliphatic carboxylic acids is 1. The SMILES string of the molecule is O=C(N[C@@H](CN1CCCc2ccccc21)C(=O)O)OCC1c2ccccc2-c2ccccc21. The van der Waals surface area contributed by atoms with Crippen molar-refractivity contribution < 1.29 is 19.4 Å². The van der Waals surface area contributed by atoms with Crippen molar-refractivity contribution in [1.82, 2.24) is 5.32 Å². The summed E-state index contributed by atoms with van der Waals surface area (Å²) in [5.74, 6) is -1.15. The Morgan fingerprint density at radius 3 is 2.30 bits per heavy atom. The fourth-order valence-corrected chi connectivity index (χ4v) is 4.99. The van der Waals surface area contributed by atoms with E-state index in [-0.39, 0.29) is 19.1 Å². The number of nitrogens with zero attached hydrogens (tertiary/aromatic N) is 1. The molecule has 0 radical (unpaired) electrons. The maximum absolute atomic E-state index is 12.6. The second-order valence-corrected chi connectivity index (χ2v) is 8.54. The van der Waals surface area contributed by atoms with Crippen molar-refractivity contribution >= 4 is 17.7 Å². The van der Waals surface area contributed by atoms with E-state index in [0.717, 1.165) is 47.3 Å². The van der Waals surface area contributed by atoms with Gasteiger partial charge in [-0.15, -0.1) is 0 Å². The molecule has 3 aromatic carbocycles. The smallest absolute Gasteiger partial charge is 0.407 e. The van der Waals surface area contributed by atoms with Gasteiger partial charge >= 0.3 is 12.1 Å². The molecule has 0 spiro atoms. The Morgan fingerprint density at radius 1 is 0.970 bits per heavy atom. The summed E-state index contributed by atoms with van der Waals surface area (Å²) in [5, 5.41) is 12.3. The van der Waals surface area contributed by atoms with Gasteiger partial charge in [0.25, 0.3) is 0 Å². The molecule has 0 unspecified atom stereocenters. The number of para-hydroxylation sites is 1. The normalized spacial score (nSPS) is 15.2. The summed E-state index contributed by atoms with van der Waals surface area (Å²) in [7, 11) is 0. The Morgan fingerprint density at radius 2 is 1.61 bits per heavy atom. The zero-order chi connectivity index (χ0) is 22.8. The van der Waals surface area contributed by atoms with Gasteiger partial charge in [0.2, 0.25) is 0 Å². The molecule has 2 aliphatic rings. The van der Waals surface area contributed by atoms with Gasteiger partial charge in [0.1, 0.15) is 12.6 Å². The topological polar surface area (TPSA) is 78.9 Å². The van der Waals surface area contributed by atoms with Crippen molar-refractivity contribution in [3.05, 3.63) is 89.5 Å². The van der Waals surface area contributed by atoms with Gasteiger partial charge in [-0.1, -0.05) is 66.7 Å². The van der Waals surface area contributed by atoms with Crippen LogP contribution in [0, 0.1) is 0 Å². The molecule has 33 heavy (non-hydrogen) atoms. The molecule has 0 saturated carbocycles. The maximum atomic E-state index is 12.6. The minimum Gasteiger partial charge on any atom is -0.480 e. The molecule has 6 heteroatoms. The van der Waals surface area contributed by atoms with Crippen molar-refractivity contribution in [3.63, 3.8) is 0 Å². The highest BCUT2D eigenvalue weighted by atomic mass is 16.5. The average molecular weight is 443 g/mol. The summed E-state index contributed by atoms with van der Waals surface area (Å²) in [4.78, 5) is 26.6. The van der Waals surface area contributed by atoms with Gasteiger partial charge in [-0.05, 0) is 46.7 Å². The monoisotopic (exact) mass is 442 g/mol. The van der Waals surface area contributed by atoms with Gasteiger partial charge in [0.05, 0.1) is 0 Å². The van der Waals surface area contributed by atoms with E-state index in [1.807, 2.05) is 47.4 Å². The summed E-state index contributed by atoms with van der Waals surface area (Å²) < 4.78 is 5.55. The van der Waals surface area contributed by atoms with Gasteiger partial charge in [0.15, 0.2) is 0 Å². The van der Waals surface area contributed by atoms with Crippen LogP contribution in [0.4, 0.5) is 10.5 Å². The van der Waals surface area contributed by atoms with E-state index in [2.05, 4.69) is 35.6 Å². The highest BCUT2D eigenvalue weighted by molar-refractivity contribution is 5.81. The van der Waals surface area contributed by atoms with Crippen molar-refractivity contribution in [2.75, 3.05) is 24.6 Å². The minimum atomic E-state index is -1.08. The maximum Gasteiger partial charge on any atom is 0.407 e. The highest BCUT2D eigenvalue weighted by Crippen LogP contribution is 2.44. The molecule has 168 valence electrons. The summed E-state index contributed by atoms with van der Waals surface area (Å²) in [6.07, 6.45) is 1.22. The molecule has 1 amide bonds. The fourth-order valence-electron chi connectivity index (χ4n) is 4.99. The molecule has 3 aromatic rings. The van der Waals surface area contributed by atoms with Crippen molar-refractivity contribution in [1.29, 1.82) is 0 Å². The number of alkyl carbamates (subject to hydrolysis) is 1. The van der Waals surface area contributed by atoms with Crippen LogP contribution in [0.5, 0.6) is 0 Å². The van der Waals surface area contributed by atoms with Crippen molar-refractivity contribution in [3.8, 4) is 11.1 Å². The number of carbonyl (C=O) groups is 2. The first-order valence-electron chi connectivity index (χ1n) is 11.3. The van der Waals surface area contributed by atoms with Crippen LogP contribution in [-0.4, -0.2) is 42.9 Å². The standard InChI is InChI=1S/C27H26N2O4/c30-26(31)24(16-29-15-7-9-18-8-1-6-14-25(18)29)28-27(32)33-17-23-21-12-4-2-10-19(21)20-11-3-5-13-22(20)23/h1-6,8,10-14,23-24H,7,9,15-17H2,(H,28,32)(H,30,31)/t24-/m0/s1. The lowest BCUT2D eigenvalue weighted by molar-refractivity contribution is -0.139. The average Bonchev–Trinajstić information content (AvgIpc) is 3.16. The molecule has 0 aromatic heterocycles. The zero-order valence-electron chi connectivity index (χ0n) is 18.2. The number of anilines is 1. The molecule has 0 saturated heterocycles. The number of aryl methyl sites for hydroxylation is 1. The van der Waals surface area contributed by atoms with E-state index in [1.165, 1.54) is 5.56 Å². The largest absolute Gasteiger partial charge is 0.480 e. The third kappa shape index (κ3) is 4.16. The number of rotatable bonds is 6. The first-order chi connectivity index (χ1) is 16.1. The van der Waals surface area contributed by atoms with Crippen LogP contribution >= 0.6 is 0 Å². The Kier molecular flexibility index (Phi) is 5.73. The molecule has 1 heterocycles. The fraction of sp³-hybridized carbons (Fsp3) is 0.259. The van der Waals surface area contributed by atoms with Crippen LogP contribution in [0.2, 0.25) is 0 Å². The number of benzene rings is 3. The van der Waals surface area contributed by atoms with Crippen molar-refractivity contribution in [2.45, 2.75) is 24.8 Å². The van der Waals surface area contributed by atoms with Crippen LogP contribution in [0.25, 0.3) is 11.1 Å². The third-order valence-corrected chi connectivity index (χ3v) is 6.54. The van der Waals surface area contributed by atoms with Crippen LogP contribution < -0.4 is 10.2 Å². The molecule has 1 aliphatic heterocycles. The number of ether oxygens (including phenoxy) is 1. The molecular formula is C27H26N2O4. The van der Waals surface area contributed by atoms with E-state index >= 15 is 0 Å². The summed E-state index contributed by atoms with van der Waals surface area (Å²) in [5.41, 5.74) is 6.76. The van der Waals surface area contributed by atoms with Gasteiger partial charge < -0.3 is 20.1 Å². The van der Waals surface area contributed by atoms with E-state index in [4.69, 9.17) is 4.74 Å². The Balaban J connectivity index is 1.26. The number of nitrogens with one attached hydrogen (secondary N) is 1. The molecule has 0 bridgehead atoms. The number of carboxylic acids is 1. The van der Waals surface area contributed by atoms with E-state index in [9.17, 15) is 14.7 Å². The van der Waals surface area contributed by atoms with Gasteiger partial charge in [0, 0.05) is 24.7 Å². The lowest BCUT2D eigenvalue weighted by Crippen LogP contribution is -2.50. The number of hydrogen-bond donors (Lipinski definition) is 2. The lowest BCUT2D eigenvalue weighted by Gasteiger charge is -2.33. The number of amides is 1. The van der Waals surface area contributed by atoms with Crippen LogP contribution in [0.3, 0.4) is 0 Å². The van der Waals surface area contributed by atoms with Crippen LogP contribution in [0.1, 0.15) is 29.0 Å². The first-order valence-corrected chi connectivity index (χ1v) is 11.3. The predicted molar refractivity (Wildman–Crippen MR) is 127 cm³/mol. The predicted octanol–water partition coefficient (Wildman–Crippen LogP) is 4.43. The third-order valence-electron chi connectivity index (χ3n) is 6.54. The molecule has 2 N–H and O–H groups in total. The van der Waals surface area contributed by atoms with Gasteiger partial charge in [-0.2, -0.15) is 0 Å². The Bertz CT molecular complexity index is 1150. The molecule has 5 rings (SSSR count). The van der Waals surface area contributed by atoms with Crippen LogP contribution in [0.15, 0.2) is 72.8 Å². The van der Waals surface area contributed by atoms with Crippen LogP contribution in [-0.2, 0) is 16.0 Å². The molecular weight excluding hydrogens is 416 g/mol.